The quantitative estimate of drug-likeness (QED) is 0.855. The molecule has 100 valence electrons. The smallest absolute Gasteiger partial charge is 0.246 e. The van der Waals surface area contributed by atoms with Crippen LogP contribution in [-0.4, -0.2) is 20.9 Å². The molecule has 1 amide bonds. The number of nitrogens with one attached hydrogen (secondary N) is 1. The molecular weight excluding hydrogens is 249 g/mol. The van der Waals surface area contributed by atoms with Gasteiger partial charge in [0.25, 0.3) is 0 Å². The van der Waals surface area contributed by atoms with Crippen molar-refractivity contribution in [2.45, 2.75) is 20.0 Å². The van der Waals surface area contributed by atoms with E-state index in [1.165, 1.54) is 22.9 Å². The van der Waals surface area contributed by atoms with Crippen LogP contribution in [0.3, 0.4) is 0 Å². The monoisotopic (exact) mass is 263 g/mol. The van der Waals surface area contributed by atoms with E-state index in [-0.39, 0.29) is 24.8 Å². The molecule has 1 aromatic heterocycles. The fourth-order valence-electron chi connectivity index (χ4n) is 1.61. The lowest BCUT2D eigenvalue weighted by molar-refractivity contribution is -0.116. The lowest BCUT2D eigenvalue weighted by atomic mass is 10.2. The number of amides is 1. The molecule has 2 aromatic rings. The summed E-state index contributed by atoms with van der Waals surface area (Å²) in [6, 6.07) is 4.18. The first-order valence-corrected chi connectivity index (χ1v) is 5.73. The van der Waals surface area contributed by atoms with E-state index in [9.17, 15) is 9.18 Å². The second kappa shape index (κ2) is 5.57. The van der Waals surface area contributed by atoms with E-state index in [1.807, 2.05) is 0 Å². The van der Waals surface area contributed by atoms with Gasteiger partial charge in [0.1, 0.15) is 12.4 Å². The Bertz CT molecular complexity index is 596. The summed E-state index contributed by atoms with van der Waals surface area (Å²) < 4.78 is 14.3. The van der Waals surface area contributed by atoms with Gasteiger partial charge in [-0.3, -0.25) is 4.79 Å². The number of carbonyl (C=O) groups excluding carboxylic acids is 1. The summed E-state index contributed by atoms with van der Waals surface area (Å²) in [6.07, 6.45) is 1.61. The molecule has 2 rings (SSSR count). The molecular formula is C12H14FN5O. The van der Waals surface area contributed by atoms with Crippen LogP contribution < -0.4 is 11.1 Å². The predicted octanol–water partition coefficient (Wildman–Crippen LogP) is 0.823. The van der Waals surface area contributed by atoms with Gasteiger partial charge in [-0.1, -0.05) is 5.21 Å². The van der Waals surface area contributed by atoms with Crippen LogP contribution >= 0.6 is 0 Å². The molecule has 0 radical (unpaired) electrons. The average molecular weight is 263 g/mol. The Kier molecular flexibility index (Phi) is 3.86. The third-order valence-corrected chi connectivity index (χ3v) is 2.56. The maximum absolute atomic E-state index is 12.9. The van der Waals surface area contributed by atoms with Crippen LogP contribution in [0.25, 0.3) is 0 Å². The van der Waals surface area contributed by atoms with Gasteiger partial charge in [-0.15, -0.1) is 5.10 Å². The molecule has 1 aromatic carbocycles. The molecule has 0 spiro atoms. The number of aryl methyl sites for hydroxylation is 1. The number of nitrogens with two attached hydrogens (primary N) is 1. The first-order chi connectivity index (χ1) is 9.08. The Balaban J connectivity index is 2.01. The van der Waals surface area contributed by atoms with Crippen LogP contribution in [0.5, 0.6) is 0 Å². The van der Waals surface area contributed by atoms with Crippen LogP contribution in [0.15, 0.2) is 24.4 Å². The number of benzene rings is 1. The fraction of sp³-hybridized carbons (Fsp3) is 0.250. The zero-order valence-corrected chi connectivity index (χ0v) is 10.4. The number of anilines is 1. The van der Waals surface area contributed by atoms with Gasteiger partial charge < -0.3 is 11.1 Å². The third kappa shape index (κ3) is 3.35. The number of hydrogen-bond donors (Lipinski definition) is 2. The van der Waals surface area contributed by atoms with E-state index < -0.39 is 0 Å². The summed E-state index contributed by atoms with van der Waals surface area (Å²) in [5.41, 5.74) is 7.25. The number of halogens is 1. The predicted molar refractivity (Wildman–Crippen MR) is 67.7 cm³/mol. The van der Waals surface area contributed by atoms with Crippen molar-refractivity contribution in [2.75, 3.05) is 5.32 Å². The molecule has 0 saturated carbocycles. The van der Waals surface area contributed by atoms with Crippen molar-refractivity contribution < 1.29 is 9.18 Å². The van der Waals surface area contributed by atoms with E-state index in [0.717, 1.165) is 0 Å². The van der Waals surface area contributed by atoms with Gasteiger partial charge in [-0.25, -0.2) is 9.07 Å². The van der Waals surface area contributed by atoms with Crippen LogP contribution in [0.4, 0.5) is 10.1 Å². The maximum Gasteiger partial charge on any atom is 0.246 e. The normalized spacial score (nSPS) is 10.5. The van der Waals surface area contributed by atoms with Crippen LogP contribution in [-0.2, 0) is 17.9 Å². The molecule has 7 heteroatoms. The fourth-order valence-corrected chi connectivity index (χ4v) is 1.61. The first kappa shape index (κ1) is 13.2. The van der Waals surface area contributed by atoms with Crippen molar-refractivity contribution in [2.24, 2.45) is 5.73 Å². The molecule has 6 nitrogen and oxygen atoms in total. The minimum atomic E-state index is -0.334. The lowest BCUT2D eigenvalue weighted by Gasteiger charge is -2.08. The zero-order valence-electron chi connectivity index (χ0n) is 10.4. The van der Waals surface area contributed by atoms with Crippen molar-refractivity contribution in [1.82, 2.24) is 15.0 Å². The van der Waals surface area contributed by atoms with E-state index in [2.05, 4.69) is 15.6 Å². The number of rotatable bonds is 4. The van der Waals surface area contributed by atoms with Crippen molar-refractivity contribution in [3.05, 3.63) is 41.5 Å². The number of carbonyl (C=O) groups is 1. The molecule has 0 aliphatic heterocycles. The molecule has 0 unspecified atom stereocenters. The minimum Gasteiger partial charge on any atom is -0.325 e. The standard InChI is InChI=1S/C12H14FN5O/c1-8-4-9(13)2-3-11(8)15-12(19)7-18-6-10(5-14)16-17-18/h2-4,6H,5,7,14H2,1H3,(H,15,19). The molecule has 19 heavy (non-hydrogen) atoms. The van der Waals surface area contributed by atoms with Crippen molar-refractivity contribution >= 4 is 11.6 Å². The highest BCUT2D eigenvalue weighted by molar-refractivity contribution is 5.91. The maximum atomic E-state index is 12.9. The Labute approximate surface area is 109 Å². The third-order valence-electron chi connectivity index (χ3n) is 2.56. The average Bonchev–Trinajstić information content (AvgIpc) is 2.80. The van der Waals surface area contributed by atoms with E-state index in [4.69, 9.17) is 5.73 Å². The molecule has 3 N–H and O–H groups in total. The Morgan fingerprint density at radius 2 is 2.32 bits per heavy atom. The van der Waals surface area contributed by atoms with E-state index in [0.29, 0.717) is 16.9 Å². The van der Waals surface area contributed by atoms with Gasteiger partial charge in [0.05, 0.1) is 11.9 Å². The molecule has 0 fully saturated rings. The van der Waals surface area contributed by atoms with Gasteiger partial charge in [-0.05, 0) is 30.7 Å². The van der Waals surface area contributed by atoms with Gasteiger partial charge >= 0.3 is 0 Å². The van der Waals surface area contributed by atoms with E-state index in [1.54, 1.807) is 13.1 Å². The summed E-state index contributed by atoms with van der Waals surface area (Å²) >= 11 is 0. The highest BCUT2D eigenvalue weighted by Crippen LogP contribution is 2.15. The molecule has 1 heterocycles. The second-order valence-corrected chi connectivity index (χ2v) is 4.12. The van der Waals surface area contributed by atoms with E-state index >= 15 is 0 Å². The van der Waals surface area contributed by atoms with Crippen molar-refractivity contribution in [3.8, 4) is 0 Å². The van der Waals surface area contributed by atoms with Crippen LogP contribution in [0.2, 0.25) is 0 Å². The van der Waals surface area contributed by atoms with Crippen LogP contribution in [0.1, 0.15) is 11.3 Å². The Morgan fingerprint density at radius 3 is 2.95 bits per heavy atom. The molecule has 0 saturated heterocycles. The van der Waals surface area contributed by atoms with Crippen molar-refractivity contribution in [3.63, 3.8) is 0 Å². The molecule has 0 bridgehead atoms. The molecule has 0 aliphatic carbocycles. The molecule has 0 aliphatic rings. The zero-order chi connectivity index (χ0) is 13.8. The largest absolute Gasteiger partial charge is 0.325 e. The number of nitrogens with zero attached hydrogens (tertiary/aromatic N) is 3. The lowest BCUT2D eigenvalue weighted by Crippen LogP contribution is -2.19. The van der Waals surface area contributed by atoms with Gasteiger partial charge in [0, 0.05) is 12.2 Å². The highest BCUT2D eigenvalue weighted by atomic mass is 19.1. The van der Waals surface area contributed by atoms with Gasteiger partial charge in [-0.2, -0.15) is 0 Å². The number of hydrogen-bond acceptors (Lipinski definition) is 4. The highest BCUT2D eigenvalue weighted by Gasteiger charge is 2.08. The summed E-state index contributed by atoms with van der Waals surface area (Å²) in [6.45, 7) is 2.03. The van der Waals surface area contributed by atoms with Gasteiger partial charge in [0.2, 0.25) is 5.91 Å². The summed E-state index contributed by atoms with van der Waals surface area (Å²) in [5.74, 6) is -0.595. The number of aromatic nitrogens is 3. The van der Waals surface area contributed by atoms with Crippen molar-refractivity contribution in [1.29, 1.82) is 0 Å². The summed E-state index contributed by atoms with van der Waals surface area (Å²) in [5, 5.41) is 10.2. The Morgan fingerprint density at radius 1 is 1.53 bits per heavy atom. The topological polar surface area (TPSA) is 85.8 Å². The van der Waals surface area contributed by atoms with Crippen LogP contribution in [0, 0.1) is 12.7 Å². The SMILES string of the molecule is Cc1cc(F)ccc1NC(=O)Cn1cc(CN)nn1. The van der Waals surface area contributed by atoms with Gasteiger partial charge in [0.15, 0.2) is 0 Å². The Hall–Kier alpha value is -2.28. The second-order valence-electron chi connectivity index (χ2n) is 4.12. The first-order valence-electron chi connectivity index (χ1n) is 5.73. The minimum absolute atomic E-state index is 0.0316. The molecule has 0 atom stereocenters. The summed E-state index contributed by atoms with van der Waals surface area (Å²) in [4.78, 5) is 11.8. The summed E-state index contributed by atoms with van der Waals surface area (Å²) in [7, 11) is 0.